The van der Waals surface area contributed by atoms with Crippen LogP contribution in [0.15, 0.2) is 12.1 Å². The Hall–Kier alpha value is -0.680. The Bertz CT molecular complexity index is 522. The minimum absolute atomic E-state index is 0.273. The van der Waals surface area contributed by atoms with Crippen molar-refractivity contribution in [2.24, 2.45) is 0 Å². The van der Waals surface area contributed by atoms with Gasteiger partial charge in [0, 0.05) is 12.7 Å². The Morgan fingerprint density at radius 2 is 1.78 bits per heavy atom. The van der Waals surface area contributed by atoms with Gasteiger partial charge in [0.1, 0.15) is 11.9 Å². The number of carbonyl (C=O) groups excluding carboxylic acids is 1. The second-order valence-electron chi connectivity index (χ2n) is 5.13. The molecule has 0 bridgehead atoms. The highest BCUT2D eigenvalue weighted by molar-refractivity contribution is 6.43. The van der Waals surface area contributed by atoms with E-state index in [1.54, 1.807) is 13.8 Å². The fourth-order valence-electron chi connectivity index (χ4n) is 1.66. The van der Waals surface area contributed by atoms with E-state index >= 15 is 0 Å². The van der Waals surface area contributed by atoms with Gasteiger partial charge in [-0.2, -0.15) is 0 Å². The van der Waals surface area contributed by atoms with E-state index in [4.69, 9.17) is 49.0 Å². The molecule has 0 saturated carbocycles. The van der Waals surface area contributed by atoms with Gasteiger partial charge in [0.2, 0.25) is 0 Å². The molecular weight excluding hydrogens is 363 g/mol. The molecule has 0 amide bonds. The molecule has 0 N–H and O–H groups in total. The van der Waals surface area contributed by atoms with Gasteiger partial charge >= 0.3 is 5.97 Å². The van der Waals surface area contributed by atoms with Gasteiger partial charge in [-0.15, -0.1) is 0 Å². The Kier molecular flexibility index (Phi) is 9.07. The van der Waals surface area contributed by atoms with E-state index in [2.05, 4.69) is 6.92 Å². The van der Waals surface area contributed by atoms with Crippen molar-refractivity contribution in [1.82, 2.24) is 0 Å². The number of ether oxygens (including phenoxy) is 3. The standard InChI is InChI=1S/C16H21Cl3O4/c1-4-5-6-21-9-10(2)22-16(20)11(3)23-15-8-13(18)12(17)7-14(15)19/h7-8,10-11H,4-6,9H2,1-3H3. The summed E-state index contributed by atoms with van der Waals surface area (Å²) in [4.78, 5) is 12.0. The van der Waals surface area contributed by atoms with Crippen molar-refractivity contribution < 1.29 is 19.0 Å². The van der Waals surface area contributed by atoms with Crippen LogP contribution in [0, 0.1) is 0 Å². The SMILES string of the molecule is CCCCOCC(C)OC(=O)C(C)Oc1cc(Cl)c(Cl)cc1Cl. The lowest BCUT2D eigenvalue weighted by Gasteiger charge is -2.18. The van der Waals surface area contributed by atoms with Crippen LogP contribution in [0.5, 0.6) is 5.75 Å². The monoisotopic (exact) mass is 382 g/mol. The van der Waals surface area contributed by atoms with E-state index in [9.17, 15) is 4.79 Å². The second-order valence-corrected chi connectivity index (χ2v) is 6.35. The fraction of sp³-hybridized carbons (Fsp3) is 0.562. The van der Waals surface area contributed by atoms with Crippen LogP contribution in [0.3, 0.4) is 0 Å². The molecule has 0 aliphatic heterocycles. The molecule has 0 aromatic heterocycles. The molecule has 1 aromatic rings. The molecule has 0 radical (unpaired) electrons. The van der Waals surface area contributed by atoms with Crippen molar-refractivity contribution in [3.05, 3.63) is 27.2 Å². The number of hydrogen-bond donors (Lipinski definition) is 0. The van der Waals surface area contributed by atoms with Gasteiger partial charge in [-0.25, -0.2) is 4.79 Å². The number of hydrogen-bond acceptors (Lipinski definition) is 4. The summed E-state index contributed by atoms with van der Waals surface area (Å²) < 4.78 is 16.2. The van der Waals surface area contributed by atoms with Gasteiger partial charge < -0.3 is 14.2 Å². The number of rotatable bonds is 9. The third-order valence-corrected chi connectivity index (χ3v) is 3.94. The zero-order chi connectivity index (χ0) is 17.4. The third-order valence-electron chi connectivity index (χ3n) is 2.92. The van der Waals surface area contributed by atoms with Crippen LogP contribution in [0.4, 0.5) is 0 Å². The average Bonchev–Trinajstić information content (AvgIpc) is 2.49. The summed E-state index contributed by atoms with van der Waals surface area (Å²) in [7, 11) is 0. The largest absolute Gasteiger partial charge is 0.477 e. The number of benzene rings is 1. The van der Waals surface area contributed by atoms with Crippen molar-refractivity contribution in [3.8, 4) is 5.75 Å². The smallest absolute Gasteiger partial charge is 0.347 e. The third kappa shape index (κ3) is 7.17. The number of carbonyl (C=O) groups is 1. The highest BCUT2D eigenvalue weighted by Crippen LogP contribution is 2.34. The van der Waals surface area contributed by atoms with Gasteiger partial charge in [-0.3, -0.25) is 0 Å². The predicted octanol–water partition coefficient (Wildman–Crippen LogP) is 5.16. The summed E-state index contributed by atoms with van der Waals surface area (Å²) in [5.74, 6) is -0.226. The Morgan fingerprint density at radius 3 is 2.43 bits per heavy atom. The Morgan fingerprint density at radius 1 is 1.13 bits per heavy atom. The second kappa shape index (κ2) is 10.2. The summed E-state index contributed by atoms with van der Waals surface area (Å²) in [6.07, 6.45) is 0.858. The Balaban J connectivity index is 2.49. The summed E-state index contributed by atoms with van der Waals surface area (Å²) in [6, 6.07) is 2.93. The minimum Gasteiger partial charge on any atom is -0.477 e. The maximum atomic E-state index is 12.0. The molecule has 4 nitrogen and oxygen atoms in total. The van der Waals surface area contributed by atoms with Gasteiger partial charge in [-0.1, -0.05) is 48.1 Å². The molecule has 1 aromatic carbocycles. The van der Waals surface area contributed by atoms with Crippen LogP contribution in [0.25, 0.3) is 0 Å². The highest BCUT2D eigenvalue weighted by Gasteiger charge is 2.21. The quantitative estimate of drug-likeness (QED) is 0.335. The van der Waals surface area contributed by atoms with Crippen molar-refractivity contribution in [1.29, 1.82) is 0 Å². The fourth-order valence-corrected chi connectivity index (χ4v) is 2.24. The van der Waals surface area contributed by atoms with E-state index in [0.29, 0.717) is 23.3 Å². The summed E-state index contributed by atoms with van der Waals surface area (Å²) in [5.41, 5.74) is 0. The van der Waals surface area contributed by atoms with Crippen LogP contribution >= 0.6 is 34.8 Å². The lowest BCUT2D eigenvalue weighted by atomic mass is 10.3. The first-order valence-corrected chi connectivity index (χ1v) is 8.58. The van der Waals surface area contributed by atoms with E-state index < -0.39 is 12.1 Å². The number of halogens is 3. The van der Waals surface area contributed by atoms with E-state index in [1.807, 2.05) is 0 Å². The first kappa shape index (κ1) is 20.4. The normalized spacial score (nSPS) is 13.5. The molecule has 7 heteroatoms. The lowest BCUT2D eigenvalue weighted by molar-refractivity contribution is -0.158. The van der Waals surface area contributed by atoms with Gasteiger partial charge in [0.05, 0.1) is 21.7 Å². The van der Waals surface area contributed by atoms with Crippen LogP contribution in [0.1, 0.15) is 33.6 Å². The first-order chi connectivity index (χ1) is 10.8. The zero-order valence-electron chi connectivity index (χ0n) is 13.4. The van der Waals surface area contributed by atoms with Crippen molar-refractivity contribution in [3.63, 3.8) is 0 Å². The highest BCUT2D eigenvalue weighted by atomic mass is 35.5. The zero-order valence-corrected chi connectivity index (χ0v) is 15.7. The Labute approximate surface area is 151 Å². The molecule has 1 rings (SSSR count). The van der Waals surface area contributed by atoms with Gasteiger partial charge in [-0.05, 0) is 26.3 Å². The first-order valence-electron chi connectivity index (χ1n) is 7.44. The maximum absolute atomic E-state index is 12.0. The van der Waals surface area contributed by atoms with Crippen molar-refractivity contribution in [2.45, 2.75) is 45.8 Å². The summed E-state index contributed by atoms with van der Waals surface area (Å²) in [6.45, 7) is 6.43. The molecule has 0 spiro atoms. The average molecular weight is 384 g/mol. The molecule has 0 aliphatic carbocycles. The van der Waals surface area contributed by atoms with E-state index in [1.165, 1.54) is 12.1 Å². The van der Waals surface area contributed by atoms with E-state index in [-0.39, 0.29) is 16.9 Å². The molecule has 2 unspecified atom stereocenters. The molecule has 130 valence electrons. The van der Waals surface area contributed by atoms with Crippen LogP contribution in [-0.2, 0) is 14.3 Å². The van der Waals surface area contributed by atoms with Crippen LogP contribution in [0.2, 0.25) is 15.1 Å². The molecule has 0 aliphatic rings. The molecule has 0 saturated heterocycles. The van der Waals surface area contributed by atoms with Crippen molar-refractivity contribution in [2.75, 3.05) is 13.2 Å². The topological polar surface area (TPSA) is 44.8 Å². The molecule has 2 atom stereocenters. The van der Waals surface area contributed by atoms with Gasteiger partial charge in [0.15, 0.2) is 6.10 Å². The number of unbranched alkanes of at least 4 members (excludes halogenated alkanes) is 1. The van der Waals surface area contributed by atoms with Crippen LogP contribution in [-0.4, -0.2) is 31.4 Å². The molecule has 0 heterocycles. The molecule has 23 heavy (non-hydrogen) atoms. The van der Waals surface area contributed by atoms with Gasteiger partial charge in [0.25, 0.3) is 0 Å². The predicted molar refractivity (Wildman–Crippen MR) is 92.8 cm³/mol. The molecular formula is C16H21Cl3O4. The summed E-state index contributed by atoms with van der Waals surface area (Å²) in [5, 5.41) is 0.886. The van der Waals surface area contributed by atoms with E-state index in [0.717, 1.165) is 12.8 Å². The number of esters is 1. The van der Waals surface area contributed by atoms with Crippen LogP contribution < -0.4 is 4.74 Å². The molecule has 0 fully saturated rings. The lowest BCUT2D eigenvalue weighted by Crippen LogP contribution is -2.31. The minimum atomic E-state index is -0.831. The van der Waals surface area contributed by atoms with Crippen molar-refractivity contribution >= 4 is 40.8 Å². The maximum Gasteiger partial charge on any atom is 0.347 e. The summed E-state index contributed by atoms with van der Waals surface area (Å²) >= 11 is 17.8.